The first kappa shape index (κ1) is 8.32. The second-order valence-corrected chi connectivity index (χ2v) is 2.74. The number of anilines is 1. The molecule has 1 N–H and O–H groups in total. The molecule has 0 bridgehead atoms. The van der Waals surface area contributed by atoms with Crippen LogP contribution >= 0.6 is 0 Å². The van der Waals surface area contributed by atoms with Crippen LogP contribution in [0.25, 0.3) is 0 Å². The molecule has 0 aliphatic carbocycles. The Labute approximate surface area is 81.4 Å². The molecule has 0 unspecified atom stereocenters. The number of rotatable bonds is 2. The van der Waals surface area contributed by atoms with Gasteiger partial charge in [-0.3, -0.25) is 10.1 Å². The number of hydrogen-bond donors (Lipinski definition) is 1. The third-order valence-corrected chi connectivity index (χ3v) is 1.74. The average molecular weight is 184 g/mol. The zero-order valence-corrected chi connectivity index (χ0v) is 7.38. The third kappa shape index (κ3) is 1.72. The number of hydrogen-bond acceptors (Lipinski definition) is 3. The average Bonchev–Trinajstić information content (AvgIpc) is 2.71. The molecule has 0 radical (unpaired) electrons. The van der Waals surface area contributed by atoms with Crippen LogP contribution in [-0.4, -0.2) is 9.66 Å². The van der Waals surface area contributed by atoms with Gasteiger partial charge >= 0.3 is 0 Å². The molecular formula is C10H8N4. The Morgan fingerprint density at radius 1 is 1.36 bits per heavy atom. The van der Waals surface area contributed by atoms with Crippen molar-refractivity contribution in [2.24, 2.45) is 0 Å². The lowest BCUT2D eigenvalue weighted by Crippen LogP contribution is -2.05. The molecule has 0 saturated carbocycles. The summed E-state index contributed by atoms with van der Waals surface area (Å²) in [5.74, 6) is 0. The minimum absolute atomic E-state index is 0.405. The van der Waals surface area contributed by atoms with Gasteiger partial charge in [-0.25, -0.2) is 4.98 Å². The molecule has 2 aromatic rings. The van der Waals surface area contributed by atoms with E-state index in [1.54, 1.807) is 23.0 Å². The smallest absolute Gasteiger partial charge is 0.142 e. The second-order valence-electron chi connectivity index (χ2n) is 2.74. The summed E-state index contributed by atoms with van der Waals surface area (Å²) in [5, 5.41) is 8.64. The predicted molar refractivity (Wildman–Crippen MR) is 52.4 cm³/mol. The molecular weight excluding hydrogens is 176 g/mol. The molecule has 2 aromatic heterocycles. The molecule has 0 aliphatic heterocycles. The van der Waals surface area contributed by atoms with Gasteiger partial charge in [0.2, 0.25) is 0 Å². The molecule has 0 aliphatic rings. The van der Waals surface area contributed by atoms with Gasteiger partial charge in [-0.15, -0.1) is 0 Å². The predicted octanol–water partition coefficient (Wildman–Crippen LogP) is 1.63. The first-order valence-electron chi connectivity index (χ1n) is 4.14. The maximum absolute atomic E-state index is 8.64. The van der Waals surface area contributed by atoms with E-state index in [1.807, 2.05) is 30.6 Å². The van der Waals surface area contributed by atoms with E-state index in [-0.39, 0.29) is 0 Å². The van der Waals surface area contributed by atoms with Gasteiger partial charge in [0.25, 0.3) is 0 Å². The second kappa shape index (κ2) is 3.62. The van der Waals surface area contributed by atoms with Crippen molar-refractivity contribution < 1.29 is 0 Å². The molecule has 0 spiro atoms. The largest absolute Gasteiger partial charge is 0.295 e. The Balaban J connectivity index is 2.22. The van der Waals surface area contributed by atoms with Gasteiger partial charge in [0.15, 0.2) is 0 Å². The van der Waals surface area contributed by atoms with E-state index in [0.29, 0.717) is 5.69 Å². The number of nitrogens with zero attached hydrogens (tertiary/aromatic N) is 3. The first-order chi connectivity index (χ1) is 6.88. The van der Waals surface area contributed by atoms with Gasteiger partial charge in [-0.05, 0) is 24.3 Å². The molecule has 0 amide bonds. The molecule has 0 fully saturated rings. The summed E-state index contributed by atoms with van der Waals surface area (Å²) in [6.07, 6.45) is 5.36. The molecule has 0 saturated heterocycles. The van der Waals surface area contributed by atoms with Crippen LogP contribution in [0.5, 0.6) is 0 Å². The summed E-state index contributed by atoms with van der Waals surface area (Å²) >= 11 is 0. The van der Waals surface area contributed by atoms with Gasteiger partial charge in [0.1, 0.15) is 11.8 Å². The molecule has 2 rings (SSSR count). The quantitative estimate of drug-likeness (QED) is 0.771. The Hall–Kier alpha value is -2.28. The van der Waals surface area contributed by atoms with E-state index >= 15 is 0 Å². The van der Waals surface area contributed by atoms with Crippen LogP contribution in [-0.2, 0) is 0 Å². The lowest BCUT2D eigenvalue weighted by atomic mass is 10.3. The fraction of sp³-hybridized carbons (Fsp3) is 0. The van der Waals surface area contributed by atoms with Crippen molar-refractivity contribution in [1.82, 2.24) is 9.66 Å². The summed E-state index contributed by atoms with van der Waals surface area (Å²) in [4.78, 5) is 3.88. The highest BCUT2D eigenvalue weighted by Gasteiger charge is 1.95. The summed E-state index contributed by atoms with van der Waals surface area (Å²) in [6, 6.07) is 9.32. The van der Waals surface area contributed by atoms with Gasteiger partial charge in [0.05, 0.1) is 5.69 Å². The molecule has 0 atom stereocenters. The molecule has 4 heteroatoms. The van der Waals surface area contributed by atoms with E-state index in [4.69, 9.17) is 5.26 Å². The van der Waals surface area contributed by atoms with E-state index < -0.39 is 0 Å². The Bertz CT molecular complexity index is 453. The molecule has 0 aromatic carbocycles. The van der Waals surface area contributed by atoms with Gasteiger partial charge in [-0.1, -0.05) is 0 Å². The minimum atomic E-state index is 0.405. The van der Waals surface area contributed by atoms with E-state index in [1.165, 1.54) is 0 Å². The number of nitrogens with one attached hydrogen (secondary N) is 1. The summed E-state index contributed by atoms with van der Waals surface area (Å²) in [5.41, 5.74) is 4.33. The highest BCUT2D eigenvalue weighted by Crippen LogP contribution is 2.07. The fourth-order valence-corrected chi connectivity index (χ4v) is 1.12. The first-order valence-corrected chi connectivity index (χ1v) is 4.14. The third-order valence-electron chi connectivity index (χ3n) is 1.74. The van der Waals surface area contributed by atoms with Crippen LogP contribution in [0.4, 0.5) is 5.69 Å². The maximum Gasteiger partial charge on any atom is 0.142 e. The Morgan fingerprint density at radius 3 is 2.86 bits per heavy atom. The molecule has 14 heavy (non-hydrogen) atoms. The maximum atomic E-state index is 8.64. The number of pyridine rings is 1. The van der Waals surface area contributed by atoms with Crippen LogP contribution in [0.3, 0.4) is 0 Å². The van der Waals surface area contributed by atoms with Crippen LogP contribution in [0.15, 0.2) is 42.9 Å². The summed E-state index contributed by atoms with van der Waals surface area (Å²) in [6.45, 7) is 0. The van der Waals surface area contributed by atoms with Crippen molar-refractivity contribution in [1.29, 1.82) is 5.26 Å². The zero-order valence-electron chi connectivity index (χ0n) is 7.38. The van der Waals surface area contributed by atoms with Crippen molar-refractivity contribution >= 4 is 5.69 Å². The van der Waals surface area contributed by atoms with Crippen molar-refractivity contribution in [3.63, 3.8) is 0 Å². The molecule has 68 valence electrons. The fourth-order valence-electron chi connectivity index (χ4n) is 1.12. The highest BCUT2D eigenvalue weighted by atomic mass is 15.4. The lowest BCUT2D eigenvalue weighted by Gasteiger charge is -2.06. The van der Waals surface area contributed by atoms with Crippen LogP contribution in [0.1, 0.15) is 5.69 Å². The van der Waals surface area contributed by atoms with Crippen LogP contribution in [0, 0.1) is 11.3 Å². The number of nitriles is 1. The summed E-state index contributed by atoms with van der Waals surface area (Å²) in [7, 11) is 0. The minimum Gasteiger partial charge on any atom is -0.295 e. The highest BCUT2D eigenvalue weighted by molar-refractivity contribution is 5.45. The van der Waals surface area contributed by atoms with Gasteiger partial charge in [-0.2, -0.15) is 5.26 Å². The normalized spacial score (nSPS) is 9.36. The number of aromatic nitrogens is 2. The van der Waals surface area contributed by atoms with E-state index in [9.17, 15) is 0 Å². The van der Waals surface area contributed by atoms with Crippen LogP contribution in [0.2, 0.25) is 0 Å². The van der Waals surface area contributed by atoms with Gasteiger partial charge < -0.3 is 0 Å². The lowest BCUT2D eigenvalue weighted by molar-refractivity contribution is 0.968. The molecule has 2 heterocycles. The topological polar surface area (TPSA) is 53.6 Å². The van der Waals surface area contributed by atoms with Gasteiger partial charge in [0, 0.05) is 18.6 Å². The van der Waals surface area contributed by atoms with Crippen molar-refractivity contribution in [2.75, 3.05) is 5.43 Å². The Morgan fingerprint density at radius 2 is 2.14 bits per heavy atom. The van der Waals surface area contributed by atoms with Crippen molar-refractivity contribution in [3.05, 3.63) is 48.5 Å². The van der Waals surface area contributed by atoms with E-state index in [0.717, 1.165) is 5.69 Å². The van der Waals surface area contributed by atoms with Crippen molar-refractivity contribution in [3.8, 4) is 6.07 Å². The Kier molecular flexibility index (Phi) is 2.15. The SMILES string of the molecule is N#Cc1cc(Nn2cccc2)ccn1. The van der Waals surface area contributed by atoms with E-state index in [2.05, 4.69) is 10.4 Å². The molecule has 4 nitrogen and oxygen atoms in total. The van der Waals surface area contributed by atoms with Crippen molar-refractivity contribution in [2.45, 2.75) is 0 Å². The standard InChI is InChI=1S/C10H8N4/c11-8-10-7-9(3-4-12-10)13-14-5-1-2-6-14/h1-7H,(H,12,13). The summed E-state index contributed by atoms with van der Waals surface area (Å²) < 4.78 is 1.80. The zero-order chi connectivity index (χ0) is 9.80. The van der Waals surface area contributed by atoms with Crippen LogP contribution < -0.4 is 5.43 Å². The monoisotopic (exact) mass is 184 g/mol.